The first-order chi connectivity index (χ1) is 7.41. The van der Waals surface area contributed by atoms with Crippen LogP contribution in [-0.4, -0.2) is 47.0 Å². The van der Waals surface area contributed by atoms with E-state index in [-0.39, 0.29) is 6.04 Å². The lowest BCUT2D eigenvalue weighted by molar-refractivity contribution is -0.140. The second kappa shape index (κ2) is 4.82. The van der Waals surface area contributed by atoms with Gasteiger partial charge in [0.1, 0.15) is 6.04 Å². The monoisotopic (exact) mass is 229 g/mol. The first-order valence-electron chi connectivity index (χ1n) is 4.96. The maximum absolute atomic E-state index is 11.5. The average Bonchev–Trinajstić information content (AvgIpc) is 2.97. The Labute approximate surface area is 92.6 Å². The van der Waals surface area contributed by atoms with Crippen LogP contribution in [-0.2, 0) is 9.59 Å². The lowest BCUT2D eigenvalue weighted by atomic mass is 10.2. The quantitative estimate of drug-likeness (QED) is 0.568. The van der Waals surface area contributed by atoms with Crippen LogP contribution < -0.4 is 11.1 Å². The van der Waals surface area contributed by atoms with Gasteiger partial charge in [0.2, 0.25) is 5.91 Å². The summed E-state index contributed by atoms with van der Waals surface area (Å²) in [5.41, 5.74) is 4.89. The van der Waals surface area contributed by atoms with E-state index in [4.69, 9.17) is 10.8 Å². The lowest BCUT2D eigenvalue weighted by Crippen LogP contribution is -2.48. The van der Waals surface area contributed by atoms with Gasteiger partial charge in [-0.3, -0.25) is 4.79 Å². The summed E-state index contributed by atoms with van der Waals surface area (Å²) in [6.45, 7) is 0. The smallest absolute Gasteiger partial charge is 0.326 e. The number of nitrogens with one attached hydrogen (secondary N) is 1. The number of carboxylic acids is 1. The van der Waals surface area contributed by atoms with Crippen molar-refractivity contribution in [1.29, 1.82) is 0 Å². The molecule has 90 valence electrons. The van der Waals surface area contributed by atoms with Gasteiger partial charge in [0, 0.05) is 13.1 Å². The van der Waals surface area contributed by atoms with E-state index in [1.54, 1.807) is 7.05 Å². The first kappa shape index (κ1) is 12.3. The minimum atomic E-state index is -1.27. The molecule has 1 atom stereocenters. The standard InChI is InChI=1S/C9H15N3O4/c1-12(5-2-3-5)9(16)11-6(8(14)15)4-7(10)13/h5-6H,2-4H2,1H3,(H2,10,13)(H,11,16)(H,14,15)/t6-/m1/s1. The van der Waals surface area contributed by atoms with Gasteiger partial charge in [-0.1, -0.05) is 0 Å². The maximum Gasteiger partial charge on any atom is 0.326 e. The molecule has 0 aromatic carbocycles. The second-order valence-electron chi connectivity index (χ2n) is 3.85. The van der Waals surface area contributed by atoms with Crippen LogP contribution in [0.1, 0.15) is 19.3 Å². The van der Waals surface area contributed by atoms with Crippen molar-refractivity contribution in [3.63, 3.8) is 0 Å². The SMILES string of the molecule is CN(C(=O)N[C@H](CC(N)=O)C(=O)O)C1CC1. The number of primary amides is 1. The molecule has 0 radical (unpaired) electrons. The van der Waals surface area contributed by atoms with Gasteiger partial charge in [0.25, 0.3) is 0 Å². The Morgan fingerprint density at radius 3 is 2.44 bits per heavy atom. The summed E-state index contributed by atoms with van der Waals surface area (Å²) < 4.78 is 0. The number of nitrogens with zero attached hydrogens (tertiary/aromatic N) is 1. The lowest BCUT2D eigenvalue weighted by Gasteiger charge is -2.20. The zero-order valence-electron chi connectivity index (χ0n) is 8.97. The Morgan fingerprint density at radius 2 is 2.06 bits per heavy atom. The molecule has 0 aromatic heterocycles. The Morgan fingerprint density at radius 1 is 1.50 bits per heavy atom. The van der Waals surface area contributed by atoms with Crippen molar-refractivity contribution in [2.24, 2.45) is 5.73 Å². The van der Waals surface area contributed by atoms with Crippen molar-refractivity contribution in [2.75, 3.05) is 7.05 Å². The van der Waals surface area contributed by atoms with Gasteiger partial charge in [0.05, 0.1) is 6.42 Å². The van der Waals surface area contributed by atoms with E-state index in [0.717, 1.165) is 12.8 Å². The highest BCUT2D eigenvalue weighted by Gasteiger charge is 2.31. The Bertz CT molecular complexity index is 314. The summed E-state index contributed by atoms with van der Waals surface area (Å²) >= 11 is 0. The highest BCUT2D eigenvalue weighted by atomic mass is 16.4. The van der Waals surface area contributed by atoms with Crippen molar-refractivity contribution >= 4 is 17.9 Å². The molecule has 1 aliphatic rings. The van der Waals surface area contributed by atoms with Gasteiger partial charge in [-0.05, 0) is 12.8 Å². The molecule has 0 aliphatic heterocycles. The number of hydrogen-bond donors (Lipinski definition) is 3. The molecule has 1 aliphatic carbocycles. The number of rotatable bonds is 5. The van der Waals surface area contributed by atoms with Crippen LogP contribution in [0.5, 0.6) is 0 Å². The molecule has 1 saturated carbocycles. The minimum absolute atomic E-state index is 0.183. The Hall–Kier alpha value is -1.79. The maximum atomic E-state index is 11.5. The molecule has 7 heteroatoms. The van der Waals surface area contributed by atoms with E-state index in [2.05, 4.69) is 5.32 Å². The van der Waals surface area contributed by atoms with Crippen LogP contribution in [0.3, 0.4) is 0 Å². The normalized spacial score (nSPS) is 16.3. The molecule has 0 bridgehead atoms. The fourth-order valence-electron chi connectivity index (χ4n) is 1.28. The molecule has 1 fully saturated rings. The number of carboxylic acid groups (broad SMARTS) is 1. The van der Waals surface area contributed by atoms with Crippen molar-refractivity contribution < 1.29 is 19.5 Å². The van der Waals surface area contributed by atoms with Crippen LogP contribution in [0.2, 0.25) is 0 Å². The van der Waals surface area contributed by atoms with E-state index in [0.29, 0.717) is 0 Å². The fourth-order valence-corrected chi connectivity index (χ4v) is 1.28. The summed E-state index contributed by atoms with van der Waals surface area (Å²) in [4.78, 5) is 34.3. The van der Waals surface area contributed by atoms with Crippen LogP contribution in [0.4, 0.5) is 4.79 Å². The highest BCUT2D eigenvalue weighted by molar-refractivity contribution is 5.87. The number of carbonyl (C=O) groups excluding carboxylic acids is 2. The molecule has 16 heavy (non-hydrogen) atoms. The van der Waals surface area contributed by atoms with Crippen LogP contribution in [0, 0.1) is 0 Å². The predicted octanol–water partition coefficient (Wildman–Crippen LogP) is -0.881. The van der Waals surface area contributed by atoms with E-state index < -0.39 is 30.4 Å². The summed E-state index contributed by atoms with van der Waals surface area (Å²) in [5, 5.41) is 11.0. The molecule has 0 aromatic rings. The molecule has 0 unspecified atom stereocenters. The highest BCUT2D eigenvalue weighted by Crippen LogP contribution is 2.25. The average molecular weight is 229 g/mol. The van der Waals surface area contributed by atoms with Crippen LogP contribution in [0.25, 0.3) is 0 Å². The molecular weight excluding hydrogens is 214 g/mol. The van der Waals surface area contributed by atoms with Gasteiger partial charge in [0.15, 0.2) is 0 Å². The molecular formula is C9H15N3O4. The first-order valence-corrected chi connectivity index (χ1v) is 4.96. The Balaban J connectivity index is 2.49. The molecule has 1 rings (SSSR count). The van der Waals surface area contributed by atoms with Crippen molar-refractivity contribution in [1.82, 2.24) is 10.2 Å². The Kier molecular flexibility index (Phi) is 3.70. The topological polar surface area (TPSA) is 113 Å². The van der Waals surface area contributed by atoms with E-state index in [1.807, 2.05) is 0 Å². The summed E-state index contributed by atoms with van der Waals surface area (Å²) in [5.74, 6) is -2.03. The summed E-state index contributed by atoms with van der Waals surface area (Å²) in [7, 11) is 1.59. The third-order valence-corrected chi connectivity index (χ3v) is 2.42. The molecule has 0 heterocycles. The fraction of sp³-hybridized carbons (Fsp3) is 0.667. The number of amides is 3. The third kappa shape index (κ3) is 3.41. The molecule has 0 spiro atoms. The molecule has 0 saturated heterocycles. The number of hydrogen-bond acceptors (Lipinski definition) is 3. The number of nitrogens with two attached hydrogens (primary N) is 1. The predicted molar refractivity (Wildman–Crippen MR) is 54.6 cm³/mol. The molecule has 4 N–H and O–H groups in total. The van der Waals surface area contributed by atoms with Gasteiger partial charge >= 0.3 is 12.0 Å². The van der Waals surface area contributed by atoms with Crippen LogP contribution in [0.15, 0.2) is 0 Å². The summed E-state index contributed by atoms with van der Waals surface area (Å²) in [6.07, 6.45) is 1.45. The summed E-state index contributed by atoms with van der Waals surface area (Å²) in [6, 6.07) is -1.56. The molecule has 3 amide bonds. The third-order valence-electron chi connectivity index (χ3n) is 2.42. The van der Waals surface area contributed by atoms with E-state index in [9.17, 15) is 14.4 Å². The van der Waals surface area contributed by atoms with Gasteiger partial charge < -0.3 is 21.1 Å². The number of carbonyl (C=O) groups is 3. The van der Waals surface area contributed by atoms with Gasteiger partial charge in [-0.2, -0.15) is 0 Å². The van der Waals surface area contributed by atoms with E-state index >= 15 is 0 Å². The number of urea groups is 1. The van der Waals surface area contributed by atoms with Crippen molar-refractivity contribution in [3.8, 4) is 0 Å². The number of aliphatic carboxylic acids is 1. The zero-order chi connectivity index (χ0) is 12.3. The van der Waals surface area contributed by atoms with Crippen molar-refractivity contribution in [3.05, 3.63) is 0 Å². The van der Waals surface area contributed by atoms with Crippen LogP contribution >= 0.6 is 0 Å². The van der Waals surface area contributed by atoms with Gasteiger partial charge in [-0.25, -0.2) is 9.59 Å². The molecule has 7 nitrogen and oxygen atoms in total. The zero-order valence-corrected chi connectivity index (χ0v) is 8.97. The van der Waals surface area contributed by atoms with E-state index in [1.165, 1.54) is 4.90 Å². The second-order valence-corrected chi connectivity index (χ2v) is 3.85. The van der Waals surface area contributed by atoms with Crippen molar-refractivity contribution in [2.45, 2.75) is 31.3 Å². The minimum Gasteiger partial charge on any atom is -0.480 e. The van der Waals surface area contributed by atoms with Gasteiger partial charge in [-0.15, -0.1) is 0 Å². The largest absolute Gasteiger partial charge is 0.480 e.